The molecule has 1 amide bonds. The number of aryl methyl sites for hydroxylation is 1. The molecule has 220 valence electrons. The lowest BCUT2D eigenvalue weighted by atomic mass is 9.47. The summed E-state index contributed by atoms with van der Waals surface area (Å²) in [6.45, 7) is 2.67. The van der Waals surface area contributed by atoms with E-state index in [0.717, 1.165) is 28.7 Å². The number of nitriles is 1. The Balaban J connectivity index is 1.26. The molecular weight excluding hydrogens is 538 g/mol. The van der Waals surface area contributed by atoms with Gasteiger partial charge in [0.1, 0.15) is 6.10 Å². The van der Waals surface area contributed by atoms with Crippen LogP contribution in [0.2, 0.25) is 0 Å². The third-order valence-corrected chi connectivity index (χ3v) is 10.6. The number of hydrogen-bond donors (Lipinski definition) is 2. The van der Waals surface area contributed by atoms with E-state index >= 15 is 0 Å². The van der Waals surface area contributed by atoms with E-state index in [1.165, 1.54) is 5.56 Å². The Labute approximate surface area is 252 Å². The van der Waals surface area contributed by atoms with Crippen LogP contribution in [0.5, 0.6) is 11.5 Å². The average molecular weight is 576 g/mol. The predicted molar refractivity (Wildman–Crippen MR) is 164 cm³/mol. The van der Waals surface area contributed by atoms with E-state index in [0.29, 0.717) is 38.0 Å². The number of benzene rings is 3. The quantitative estimate of drug-likeness (QED) is 0.420. The topological polar surface area (TPSA) is 97.0 Å². The van der Waals surface area contributed by atoms with Crippen LogP contribution in [0.4, 0.5) is 0 Å². The summed E-state index contributed by atoms with van der Waals surface area (Å²) in [6.07, 6.45) is 5.56. The Morgan fingerprint density at radius 1 is 1.19 bits per heavy atom. The number of amides is 1. The van der Waals surface area contributed by atoms with Crippen LogP contribution in [0.1, 0.15) is 47.1 Å². The fourth-order valence-electron chi connectivity index (χ4n) is 8.59. The van der Waals surface area contributed by atoms with E-state index in [1.54, 1.807) is 24.1 Å². The second-order valence-corrected chi connectivity index (χ2v) is 12.7. The molecule has 3 aromatic carbocycles. The van der Waals surface area contributed by atoms with Crippen molar-refractivity contribution in [1.82, 2.24) is 9.80 Å². The number of nitrogens with zero attached hydrogens (tertiary/aromatic N) is 3. The molecule has 2 heterocycles. The van der Waals surface area contributed by atoms with Crippen molar-refractivity contribution in [2.24, 2.45) is 0 Å². The van der Waals surface area contributed by atoms with Gasteiger partial charge in [0.15, 0.2) is 11.5 Å². The van der Waals surface area contributed by atoms with Crippen molar-refractivity contribution in [3.05, 3.63) is 101 Å². The Kier molecular flexibility index (Phi) is 6.61. The highest BCUT2D eigenvalue weighted by Crippen LogP contribution is 2.66. The highest BCUT2D eigenvalue weighted by Gasteiger charge is 2.74. The third kappa shape index (κ3) is 4.11. The molecule has 7 nitrogen and oxygen atoms in total. The Morgan fingerprint density at radius 2 is 2.00 bits per heavy atom. The lowest BCUT2D eigenvalue weighted by Crippen LogP contribution is -2.79. The summed E-state index contributed by atoms with van der Waals surface area (Å²) in [5, 5.41) is 34.4. The first kappa shape index (κ1) is 27.7. The van der Waals surface area contributed by atoms with E-state index < -0.39 is 23.2 Å². The van der Waals surface area contributed by atoms with Gasteiger partial charge in [-0.05, 0) is 67.9 Å². The Morgan fingerprint density at radius 3 is 2.77 bits per heavy atom. The number of likely N-dealkylation sites (N-methyl/N-ethyl adjacent to an activating group) is 1. The van der Waals surface area contributed by atoms with Crippen LogP contribution in [-0.4, -0.2) is 69.3 Å². The van der Waals surface area contributed by atoms with Crippen LogP contribution >= 0.6 is 0 Å². The summed E-state index contributed by atoms with van der Waals surface area (Å²) in [5.41, 5.74) is 3.05. The number of carbonyl (C=O) groups is 1. The van der Waals surface area contributed by atoms with Gasteiger partial charge >= 0.3 is 0 Å². The SMILES string of the molecule is Cc1cccc(/C=C/C(=O)N(C)C2CC[C@@]3(O)[C@H]4Cc5ccc(O)c6c5[C@@]3(CC(C#N)N4CCc3ccccc3)C2O6)c1. The Hall–Kier alpha value is -4.12. The number of phenols is 1. The molecule has 1 saturated carbocycles. The minimum Gasteiger partial charge on any atom is -0.504 e. The van der Waals surface area contributed by atoms with Gasteiger partial charge in [-0.3, -0.25) is 9.69 Å². The maximum absolute atomic E-state index is 13.5. The van der Waals surface area contributed by atoms with Crippen LogP contribution in [0.3, 0.4) is 0 Å². The molecule has 3 unspecified atom stereocenters. The summed E-state index contributed by atoms with van der Waals surface area (Å²) in [6, 6.07) is 23.3. The minimum absolute atomic E-state index is 0.0374. The van der Waals surface area contributed by atoms with Crippen LogP contribution < -0.4 is 4.74 Å². The van der Waals surface area contributed by atoms with Crippen molar-refractivity contribution in [2.75, 3.05) is 13.6 Å². The molecule has 2 N–H and O–H groups in total. The van der Waals surface area contributed by atoms with Crippen molar-refractivity contribution in [2.45, 2.75) is 74.3 Å². The first-order valence-corrected chi connectivity index (χ1v) is 15.2. The molecule has 2 aliphatic carbocycles. The predicted octanol–water partition coefficient (Wildman–Crippen LogP) is 4.53. The average Bonchev–Trinajstić information content (AvgIpc) is 3.36. The molecule has 3 aromatic rings. The van der Waals surface area contributed by atoms with E-state index in [-0.39, 0.29) is 23.7 Å². The summed E-state index contributed by atoms with van der Waals surface area (Å²) < 4.78 is 6.64. The van der Waals surface area contributed by atoms with Gasteiger partial charge in [-0.25, -0.2) is 0 Å². The third-order valence-electron chi connectivity index (χ3n) is 10.6. The summed E-state index contributed by atoms with van der Waals surface area (Å²) in [5.74, 6) is 0.286. The van der Waals surface area contributed by atoms with Crippen LogP contribution in [-0.2, 0) is 23.1 Å². The zero-order valence-corrected chi connectivity index (χ0v) is 24.6. The smallest absolute Gasteiger partial charge is 0.246 e. The highest BCUT2D eigenvalue weighted by molar-refractivity contribution is 5.92. The summed E-state index contributed by atoms with van der Waals surface area (Å²) in [4.78, 5) is 17.5. The summed E-state index contributed by atoms with van der Waals surface area (Å²) >= 11 is 0. The first-order valence-electron chi connectivity index (χ1n) is 15.2. The van der Waals surface area contributed by atoms with Crippen LogP contribution in [0, 0.1) is 18.3 Å². The molecule has 43 heavy (non-hydrogen) atoms. The molecule has 1 spiro atoms. The van der Waals surface area contributed by atoms with Crippen LogP contribution in [0.25, 0.3) is 6.08 Å². The number of carbonyl (C=O) groups excluding carboxylic acids is 1. The lowest BCUT2D eigenvalue weighted by Gasteiger charge is -2.65. The van der Waals surface area contributed by atoms with Gasteiger partial charge in [0.25, 0.3) is 0 Å². The van der Waals surface area contributed by atoms with Gasteiger partial charge in [-0.2, -0.15) is 5.26 Å². The molecular formula is C36H37N3O4. The maximum Gasteiger partial charge on any atom is 0.246 e. The molecule has 2 fully saturated rings. The zero-order chi connectivity index (χ0) is 29.9. The molecule has 1 saturated heterocycles. The van der Waals surface area contributed by atoms with Gasteiger partial charge in [0, 0.05) is 31.3 Å². The van der Waals surface area contributed by atoms with Gasteiger partial charge in [0.05, 0.1) is 29.2 Å². The van der Waals surface area contributed by atoms with E-state index in [4.69, 9.17) is 4.74 Å². The molecule has 4 aliphatic rings. The second-order valence-electron chi connectivity index (χ2n) is 12.7. The normalized spacial score (nSPS) is 30.4. The molecule has 0 radical (unpaired) electrons. The number of phenolic OH excluding ortho intramolecular Hbond substituents is 1. The number of aromatic hydroxyl groups is 1. The first-order chi connectivity index (χ1) is 20.8. The van der Waals surface area contributed by atoms with Crippen molar-refractivity contribution >= 4 is 12.0 Å². The van der Waals surface area contributed by atoms with Crippen molar-refractivity contribution in [3.63, 3.8) is 0 Å². The van der Waals surface area contributed by atoms with Crippen molar-refractivity contribution < 1.29 is 19.7 Å². The number of hydrogen-bond acceptors (Lipinski definition) is 6. The largest absolute Gasteiger partial charge is 0.504 e. The fourth-order valence-corrected chi connectivity index (χ4v) is 8.59. The van der Waals surface area contributed by atoms with E-state index in [1.807, 2.05) is 61.5 Å². The minimum atomic E-state index is -1.18. The second kappa shape index (κ2) is 10.3. The highest BCUT2D eigenvalue weighted by atomic mass is 16.5. The molecule has 7 heteroatoms. The van der Waals surface area contributed by atoms with E-state index in [9.17, 15) is 20.3 Å². The molecule has 2 aliphatic heterocycles. The lowest BCUT2D eigenvalue weighted by molar-refractivity contribution is -0.206. The Bertz CT molecular complexity index is 1650. The number of rotatable bonds is 6. The number of aliphatic hydroxyl groups is 1. The summed E-state index contributed by atoms with van der Waals surface area (Å²) in [7, 11) is 1.79. The van der Waals surface area contributed by atoms with Crippen molar-refractivity contribution in [3.8, 4) is 17.6 Å². The van der Waals surface area contributed by atoms with Crippen LogP contribution in [0.15, 0.2) is 72.8 Å². The number of likely N-dealkylation sites (tertiary alicyclic amines) is 1. The van der Waals surface area contributed by atoms with Gasteiger partial charge in [-0.15, -0.1) is 0 Å². The van der Waals surface area contributed by atoms with Crippen molar-refractivity contribution in [1.29, 1.82) is 5.26 Å². The standard InChI is InChI=1S/C36H37N3O4/c1-23-7-6-10-25(19-23)11-14-31(41)38(2)28-15-17-36(42)30-20-26-12-13-29(40)33-32(26)35(36,34(28)43-33)21-27(22-37)39(30)18-16-24-8-4-3-5-9-24/h3-14,19,27-28,30,34,40,42H,15-18,20-21H2,1-2H3/b14-11+/t27?,28?,30-,34?,35+,36-/m1/s1. The maximum atomic E-state index is 13.5. The number of ether oxygens (including phenoxy) is 1. The molecule has 2 bridgehead atoms. The molecule has 0 aromatic heterocycles. The molecule has 7 rings (SSSR count). The fraction of sp³-hybridized carbons (Fsp3) is 0.389. The zero-order valence-electron chi connectivity index (χ0n) is 24.6. The van der Waals surface area contributed by atoms with E-state index in [2.05, 4.69) is 23.1 Å². The van der Waals surface area contributed by atoms with Gasteiger partial charge in [0.2, 0.25) is 5.91 Å². The van der Waals surface area contributed by atoms with Gasteiger partial charge in [-0.1, -0.05) is 66.2 Å². The van der Waals surface area contributed by atoms with Gasteiger partial charge < -0.3 is 19.8 Å². The monoisotopic (exact) mass is 575 g/mol. The molecule has 6 atom stereocenters. The number of piperidine rings is 1.